The van der Waals surface area contributed by atoms with Gasteiger partial charge in [0.05, 0.1) is 6.61 Å². The number of benzene rings is 1. The number of hydrogen-bond donors (Lipinski definition) is 1. The first kappa shape index (κ1) is 10.8. The van der Waals surface area contributed by atoms with Crippen LogP contribution in [0, 0.1) is 0 Å². The molecule has 1 unspecified atom stereocenters. The van der Waals surface area contributed by atoms with Gasteiger partial charge in [0.1, 0.15) is 0 Å². The van der Waals surface area contributed by atoms with Crippen LogP contribution in [0.4, 0.5) is 5.69 Å². The molecule has 1 aromatic rings. The number of ether oxygens (including phenoxy) is 1. The third kappa shape index (κ3) is 2.89. The fraction of sp³-hybridized carbons (Fsp3) is 0.500. The van der Waals surface area contributed by atoms with Crippen LogP contribution < -0.4 is 5.32 Å². The molecule has 0 aromatic heterocycles. The minimum absolute atomic E-state index is 0.479. The highest BCUT2D eigenvalue weighted by molar-refractivity contribution is 7.98. The molecule has 0 aliphatic carbocycles. The molecular weight excluding hydrogens is 206 g/mol. The first-order valence-electron chi connectivity index (χ1n) is 5.37. The molecule has 1 N–H and O–H groups in total. The van der Waals surface area contributed by atoms with Gasteiger partial charge in [0.25, 0.3) is 0 Å². The summed E-state index contributed by atoms with van der Waals surface area (Å²) in [5.74, 6) is 0. The Morgan fingerprint density at radius 3 is 3.00 bits per heavy atom. The maximum absolute atomic E-state index is 5.46. The van der Waals surface area contributed by atoms with Crippen molar-refractivity contribution >= 4 is 17.4 Å². The molecule has 1 saturated heterocycles. The van der Waals surface area contributed by atoms with E-state index in [1.807, 2.05) is 0 Å². The zero-order chi connectivity index (χ0) is 10.5. The molecule has 3 heteroatoms. The van der Waals surface area contributed by atoms with Crippen molar-refractivity contribution in [2.75, 3.05) is 24.8 Å². The summed E-state index contributed by atoms with van der Waals surface area (Å²) in [6.45, 7) is 1.76. The molecule has 0 saturated carbocycles. The molecule has 2 rings (SSSR count). The van der Waals surface area contributed by atoms with Crippen molar-refractivity contribution in [1.29, 1.82) is 0 Å². The fourth-order valence-corrected chi connectivity index (χ4v) is 2.40. The fourth-order valence-electron chi connectivity index (χ4n) is 1.84. The first-order chi connectivity index (χ1) is 7.40. The molecule has 0 bridgehead atoms. The Kier molecular flexibility index (Phi) is 3.92. The van der Waals surface area contributed by atoms with Gasteiger partial charge in [-0.2, -0.15) is 0 Å². The van der Waals surface area contributed by atoms with Crippen molar-refractivity contribution in [2.45, 2.75) is 23.8 Å². The van der Waals surface area contributed by atoms with Crippen molar-refractivity contribution in [3.63, 3.8) is 0 Å². The van der Waals surface area contributed by atoms with Crippen LogP contribution >= 0.6 is 11.8 Å². The minimum Gasteiger partial charge on any atom is -0.379 e. The van der Waals surface area contributed by atoms with E-state index in [0.717, 1.165) is 13.2 Å². The van der Waals surface area contributed by atoms with Gasteiger partial charge in [0.15, 0.2) is 0 Å². The van der Waals surface area contributed by atoms with Crippen LogP contribution in [0.1, 0.15) is 12.8 Å². The van der Waals surface area contributed by atoms with Gasteiger partial charge in [-0.25, -0.2) is 0 Å². The average molecular weight is 223 g/mol. The number of hydrogen-bond acceptors (Lipinski definition) is 3. The van der Waals surface area contributed by atoms with Crippen LogP contribution in [-0.4, -0.2) is 25.5 Å². The van der Waals surface area contributed by atoms with Crippen molar-refractivity contribution < 1.29 is 4.74 Å². The smallest absolute Gasteiger partial charge is 0.0667 e. The van der Waals surface area contributed by atoms with Gasteiger partial charge in [0.2, 0.25) is 0 Å². The normalized spacial score (nSPS) is 21.3. The third-order valence-electron chi connectivity index (χ3n) is 2.63. The van der Waals surface area contributed by atoms with Gasteiger partial charge >= 0.3 is 0 Å². The van der Waals surface area contributed by atoms with Gasteiger partial charge in [0, 0.05) is 23.2 Å². The van der Waals surface area contributed by atoms with E-state index < -0.39 is 0 Å². The molecule has 15 heavy (non-hydrogen) atoms. The molecule has 1 fully saturated rings. The Balaban J connectivity index is 2.02. The zero-order valence-electron chi connectivity index (χ0n) is 9.03. The lowest BCUT2D eigenvalue weighted by molar-refractivity contribution is 0.0875. The SMILES string of the molecule is CSc1ccccc1NC1CCCOC1. The number of nitrogens with one attached hydrogen (secondary N) is 1. The third-order valence-corrected chi connectivity index (χ3v) is 3.42. The second-order valence-corrected chi connectivity index (χ2v) is 4.61. The highest BCUT2D eigenvalue weighted by atomic mass is 32.2. The van der Waals surface area contributed by atoms with E-state index in [4.69, 9.17) is 4.74 Å². The van der Waals surface area contributed by atoms with Crippen molar-refractivity contribution in [2.24, 2.45) is 0 Å². The van der Waals surface area contributed by atoms with Crippen LogP contribution in [0.2, 0.25) is 0 Å². The summed E-state index contributed by atoms with van der Waals surface area (Å²) in [6.07, 6.45) is 4.49. The summed E-state index contributed by atoms with van der Waals surface area (Å²) < 4.78 is 5.46. The summed E-state index contributed by atoms with van der Waals surface area (Å²) in [4.78, 5) is 1.31. The molecule has 0 radical (unpaired) electrons. The van der Waals surface area contributed by atoms with E-state index in [1.54, 1.807) is 11.8 Å². The Morgan fingerprint density at radius 2 is 2.27 bits per heavy atom. The predicted molar refractivity (Wildman–Crippen MR) is 65.7 cm³/mol. The van der Waals surface area contributed by atoms with Gasteiger partial charge in [-0.15, -0.1) is 11.8 Å². The molecule has 82 valence electrons. The maximum Gasteiger partial charge on any atom is 0.0667 e. The molecule has 2 nitrogen and oxygen atoms in total. The number of rotatable bonds is 3. The summed E-state index contributed by atoms with van der Waals surface area (Å²) in [5, 5.41) is 3.55. The van der Waals surface area contributed by atoms with Crippen LogP contribution in [0.3, 0.4) is 0 Å². The van der Waals surface area contributed by atoms with Crippen LogP contribution in [0.5, 0.6) is 0 Å². The highest BCUT2D eigenvalue weighted by Crippen LogP contribution is 2.26. The Morgan fingerprint density at radius 1 is 1.40 bits per heavy atom. The summed E-state index contributed by atoms with van der Waals surface area (Å²) >= 11 is 1.78. The van der Waals surface area contributed by atoms with E-state index in [1.165, 1.54) is 23.4 Å². The Bertz CT molecular complexity index is 310. The molecule has 1 heterocycles. The molecule has 1 aromatic carbocycles. The molecule has 0 spiro atoms. The molecular formula is C12H17NOS. The van der Waals surface area contributed by atoms with Crippen LogP contribution in [0.25, 0.3) is 0 Å². The number of anilines is 1. The van der Waals surface area contributed by atoms with Crippen LogP contribution in [-0.2, 0) is 4.74 Å². The Hall–Kier alpha value is -0.670. The second kappa shape index (κ2) is 5.42. The summed E-state index contributed by atoms with van der Waals surface area (Å²) in [7, 11) is 0. The van der Waals surface area contributed by atoms with E-state index in [0.29, 0.717) is 6.04 Å². The lowest BCUT2D eigenvalue weighted by Crippen LogP contribution is -2.30. The minimum atomic E-state index is 0.479. The zero-order valence-corrected chi connectivity index (χ0v) is 9.85. The first-order valence-corrected chi connectivity index (χ1v) is 6.60. The predicted octanol–water partition coefficient (Wildman–Crippen LogP) is 3.00. The van der Waals surface area contributed by atoms with Gasteiger partial charge < -0.3 is 10.1 Å². The lowest BCUT2D eigenvalue weighted by atomic mass is 10.1. The molecule has 1 aliphatic rings. The van der Waals surface area contributed by atoms with Crippen molar-refractivity contribution in [1.82, 2.24) is 0 Å². The lowest BCUT2D eigenvalue weighted by Gasteiger charge is -2.25. The second-order valence-electron chi connectivity index (χ2n) is 3.76. The summed E-state index contributed by atoms with van der Waals surface area (Å²) in [6, 6.07) is 8.92. The van der Waals surface area contributed by atoms with Gasteiger partial charge in [-0.1, -0.05) is 12.1 Å². The van der Waals surface area contributed by atoms with E-state index in [2.05, 4.69) is 35.8 Å². The standard InChI is InChI=1S/C12H17NOS/c1-15-12-7-3-2-6-11(12)13-10-5-4-8-14-9-10/h2-3,6-7,10,13H,4-5,8-9H2,1H3. The maximum atomic E-state index is 5.46. The van der Waals surface area contributed by atoms with Gasteiger partial charge in [-0.05, 0) is 31.2 Å². The quantitative estimate of drug-likeness (QED) is 0.796. The molecule has 0 amide bonds. The molecule has 1 aliphatic heterocycles. The van der Waals surface area contributed by atoms with Crippen LogP contribution in [0.15, 0.2) is 29.2 Å². The number of para-hydroxylation sites is 1. The topological polar surface area (TPSA) is 21.3 Å². The average Bonchev–Trinajstić information content (AvgIpc) is 2.31. The Labute approximate surface area is 95.4 Å². The van der Waals surface area contributed by atoms with E-state index >= 15 is 0 Å². The van der Waals surface area contributed by atoms with Gasteiger partial charge in [-0.3, -0.25) is 0 Å². The summed E-state index contributed by atoms with van der Waals surface area (Å²) in [5.41, 5.74) is 1.24. The number of thioether (sulfide) groups is 1. The van der Waals surface area contributed by atoms with Crippen molar-refractivity contribution in [3.05, 3.63) is 24.3 Å². The monoisotopic (exact) mass is 223 g/mol. The van der Waals surface area contributed by atoms with E-state index in [9.17, 15) is 0 Å². The van der Waals surface area contributed by atoms with Crippen molar-refractivity contribution in [3.8, 4) is 0 Å². The molecule has 1 atom stereocenters. The van der Waals surface area contributed by atoms with E-state index in [-0.39, 0.29) is 0 Å². The highest BCUT2D eigenvalue weighted by Gasteiger charge is 2.14. The largest absolute Gasteiger partial charge is 0.379 e.